The van der Waals surface area contributed by atoms with Crippen LogP contribution in [-0.2, 0) is 14.3 Å². The molecule has 0 radical (unpaired) electrons. The third-order valence-electron chi connectivity index (χ3n) is 6.50. The Morgan fingerprint density at radius 3 is 1.97 bits per heavy atom. The van der Waals surface area contributed by atoms with E-state index in [0.29, 0.717) is 19.5 Å². The molecule has 3 N–H and O–H groups in total. The second-order valence-corrected chi connectivity index (χ2v) is 10.3. The van der Waals surface area contributed by atoms with Crippen LogP contribution >= 0.6 is 0 Å². The lowest BCUT2D eigenvalue weighted by atomic mass is 9.49. The Kier molecular flexibility index (Phi) is 6.74. The second kappa shape index (κ2) is 8.92. The van der Waals surface area contributed by atoms with Crippen molar-refractivity contribution in [3.63, 3.8) is 0 Å². The van der Waals surface area contributed by atoms with E-state index >= 15 is 0 Å². The molecule has 0 aromatic heterocycles. The van der Waals surface area contributed by atoms with Gasteiger partial charge in [-0.3, -0.25) is 9.59 Å². The summed E-state index contributed by atoms with van der Waals surface area (Å²) in [5, 5.41) is 8.53. The quantitative estimate of drug-likeness (QED) is 0.539. The van der Waals surface area contributed by atoms with E-state index in [0.717, 1.165) is 37.0 Å². The minimum atomic E-state index is -0.549. The topological polar surface area (TPSA) is 96.5 Å². The van der Waals surface area contributed by atoms with Gasteiger partial charge in [-0.25, -0.2) is 4.79 Å². The highest BCUT2D eigenvalue weighted by atomic mass is 16.6. The fourth-order valence-corrected chi connectivity index (χ4v) is 5.78. The molecular formula is C22H37N3O4. The van der Waals surface area contributed by atoms with Crippen molar-refractivity contribution in [1.29, 1.82) is 0 Å². The third-order valence-corrected chi connectivity index (χ3v) is 6.50. The molecule has 3 amide bonds. The van der Waals surface area contributed by atoms with E-state index in [-0.39, 0.29) is 30.2 Å². The van der Waals surface area contributed by atoms with Crippen molar-refractivity contribution in [2.24, 2.45) is 23.2 Å². The lowest BCUT2D eigenvalue weighted by Gasteiger charge is -2.55. The summed E-state index contributed by atoms with van der Waals surface area (Å²) in [5.74, 6) is 2.42. The van der Waals surface area contributed by atoms with Crippen LogP contribution in [0, 0.1) is 23.2 Å². The average Bonchev–Trinajstić information content (AvgIpc) is 2.58. The fourth-order valence-electron chi connectivity index (χ4n) is 5.78. The lowest BCUT2D eigenvalue weighted by molar-refractivity contribution is -0.146. The van der Waals surface area contributed by atoms with Crippen molar-refractivity contribution >= 4 is 17.9 Å². The summed E-state index contributed by atoms with van der Waals surface area (Å²) in [6, 6.07) is 0. The Balaban J connectivity index is 1.25. The van der Waals surface area contributed by atoms with Gasteiger partial charge in [-0.15, -0.1) is 0 Å². The van der Waals surface area contributed by atoms with Crippen LogP contribution in [0.15, 0.2) is 0 Å². The molecule has 0 aromatic carbocycles. The Bertz CT molecular complexity index is 591. The Labute approximate surface area is 174 Å². The standard InChI is InChI=1S/C22H37N3O4/c1-21(2,3)29-20(28)25-8-5-18(26)23-6-4-7-24-19(27)22-12-15-9-16(13-22)11-17(10-15)14-22/h15-17H,4-14H2,1-3H3,(H,23,26)(H,24,27)(H,25,28). The summed E-state index contributed by atoms with van der Waals surface area (Å²) in [7, 11) is 0. The van der Waals surface area contributed by atoms with E-state index in [1.807, 2.05) is 0 Å². The summed E-state index contributed by atoms with van der Waals surface area (Å²) < 4.78 is 5.12. The molecule has 4 rings (SSSR count). The highest BCUT2D eigenvalue weighted by Gasteiger charge is 2.54. The van der Waals surface area contributed by atoms with E-state index < -0.39 is 11.7 Å². The summed E-state index contributed by atoms with van der Waals surface area (Å²) in [6.07, 6.45) is 7.63. The zero-order valence-corrected chi connectivity index (χ0v) is 18.1. The van der Waals surface area contributed by atoms with Gasteiger partial charge < -0.3 is 20.7 Å². The van der Waals surface area contributed by atoms with Crippen molar-refractivity contribution < 1.29 is 19.1 Å². The van der Waals surface area contributed by atoms with Gasteiger partial charge >= 0.3 is 6.09 Å². The molecule has 0 aliphatic heterocycles. The zero-order valence-electron chi connectivity index (χ0n) is 18.1. The minimum absolute atomic E-state index is 0.106. The number of carbonyl (C=O) groups excluding carboxylic acids is 3. The van der Waals surface area contributed by atoms with Crippen LogP contribution in [0.2, 0.25) is 0 Å². The SMILES string of the molecule is CC(C)(C)OC(=O)NCCC(=O)NCCCNC(=O)C12CC3CC(CC(C3)C1)C2. The van der Waals surface area contributed by atoms with Gasteiger partial charge in [0.2, 0.25) is 11.8 Å². The molecule has 0 heterocycles. The predicted molar refractivity (Wildman–Crippen MR) is 110 cm³/mol. The molecule has 4 aliphatic carbocycles. The number of alkyl carbamates (subject to hydrolysis) is 1. The van der Waals surface area contributed by atoms with Crippen LogP contribution in [0.1, 0.15) is 72.1 Å². The highest BCUT2D eigenvalue weighted by Crippen LogP contribution is 2.60. The largest absolute Gasteiger partial charge is 0.444 e. The van der Waals surface area contributed by atoms with Gasteiger partial charge in [-0.05, 0) is 83.5 Å². The van der Waals surface area contributed by atoms with E-state index in [2.05, 4.69) is 16.0 Å². The smallest absolute Gasteiger partial charge is 0.407 e. The van der Waals surface area contributed by atoms with Crippen LogP contribution in [0.5, 0.6) is 0 Å². The van der Waals surface area contributed by atoms with Crippen LogP contribution in [0.25, 0.3) is 0 Å². The molecule has 0 unspecified atom stereocenters. The van der Waals surface area contributed by atoms with E-state index in [1.54, 1.807) is 20.8 Å². The van der Waals surface area contributed by atoms with Crippen molar-refractivity contribution in [2.75, 3.05) is 19.6 Å². The van der Waals surface area contributed by atoms with Gasteiger partial charge in [0.05, 0.1) is 0 Å². The van der Waals surface area contributed by atoms with Crippen molar-refractivity contribution in [3.05, 3.63) is 0 Å². The molecule has 0 aromatic rings. The van der Waals surface area contributed by atoms with Crippen molar-refractivity contribution in [1.82, 2.24) is 16.0 Å². The molecule has 164 valence electrons. The van der Waals surface area contributed by atoms with Gasteiger partial charge in [0.25, 0.3) is 0 Å². The Hall–Kier alpha value is -1.79. The highest BCUT2D eigenvalue weighted by molar-refractivity contribution is 5.83. The number of hydrogen-bond donors (Lipinski definition) is 3. The Morgan fingerprint density at radius 2 is 1.41 bits per heavy atom. The molecule has 0 spiro atoms. The first-order valence-corrected chi connectivity index (χ1v) is 11.2. The van der Waals surface area contributed by atoms with Crippen molar-refractivity contribution in [3.8, 4) is 0 Å². The van der Waals surface area contributed by atoms with Gasteiger partial charge in [0.15, 0.2) is 0 Å². The van der Waals surface area contributed by atoms with Gasteiger partial charge in [-0.1, -0.05) is 0 Å². The van der Waals surface area contributed by atoms with Gasteiger partial charge in [-0.2, -0.15) is 0 Å². The molecule has 7 heteroatoms. The molecule has 29 heavy (non-hydrogen) atoms. The molecular weight excluding hydrogens is 370 g/mol. The predicted octanol–water partition coefficient (Wildman–Crippen LogP) is 2.74. The number of rotatable bonds is 8. The maximum absolute atomic E-state index is 12.8. The van der Waals surface area contributed by atoms with Crippen LogP contribution in [-0.4, -0.2) is 43.1 Å². The molecule has 4 fully saturated rings. The molecule has 7 nitrogen and oxygen atoms in total. The first-order chi connectivity index (χ1) is 13.7. The van der Waals surface area contributed by atoms with E-state index in [9.17, 15) is 14.4 Å². The number of amides is 3. The molecule has 4 saturated carbocycles. The average molecular weight is 408 g/mol. The summed E-state index contributed by atoms with van der Waals surface area (Å²) >= 11 is 0. The number of carbonyl (C=O) groups is 3. The zero-order chi connectivity index (χ0) is 21.1. The van der Waals surface area contributed by atoms with Crippen LogP contribution < -0.4 is 16.0 Å². The third kappa shape index (κ3) is 6.09. The van der Waals surface area contributed by atoms with E-state index in [4.69, 9.17) is 4.74 Å². The van der Waals surface area contributed by atoms with Gasteiger partial charge in [0.1, 0.15) is 5.60 Å². The first-order valence-electron chi connectivity index (χ1n) is 11.2. The molecule has 4 bridgehead atoms. The fraction of sp³-hybridized carbons (Fsp3) is 0.864. The molecule has 4 aliphatic rings. The number of hydrogen-bond acceptors (Lipinski definition) is 4. The number of nitrogens with one attached hydrogen (secondary N) is 3. The summed E-state index contributed by atoms with van der Waals surface area (Å²) in [5.41, 5.74) is -0.654. The van der Waals surface area contributed by atoms with Gasteiger partial charge in [0, 0.05) is 31.5 Å². The Morgan fingerprint density at radius 1 is 0.862 bits per heavy atom. The maximum atomic E-state index is 12.8. The van der Waals surface area contributed by atoms with Crippen LogP contribution in [0.4, 0.5) is 4.79 Å². The monoisotopic (exact) mass is 407 g/mol. The normalized spacial score (nSPS) is 30.0. The van der Waals surface area contributed by atoms with E-state index in [1.165, 1.54) is 19.3 Å². The minimum Gasteiger partial charge on any atom is -0.444 e. The lowest BCUT2D eigenvalue weighted by Crippen LogP contribution is -2.53. The van der Waals surface area contributed by atoms with Crippen LogP contribution in [0.3, 0.4) is 0 Å². The second-order valence-electron chi connectivity index (χ2n) is 10.3. The maximum Gasteiger partial charge on any atom is 0.407 e. The molecule has 0 saturated heterocycles. The molecule has 0 atom stereocenters. The van der Waals surface area contributed by atoms with Crippen molar-refractivity contribution in [2.45, 2.75) is 77.7 Å². The summed E-state index contributed by atoms with van der Waals surface area (Å²) in [6.45, 7) is 6.73. The number of ether oxygens (including phenoxy) is 1. The first kappa shape index (κ1) is 21.9. The summed E-state index contributed by atoms with van der Waals surface area (Å²) in [4.78, 5) is 36.2.